The number of nitrogens with zero attached hydrogens (tertiary/aromatic N) is 4. The first kappa shape index (κ1) is 21.1. The second-order valence-corrected chi connectivity index (χ2v) is 7.07. The molecule has 0 bridgehead atoms. The van der Waals surface area contributed by atoms with E-state index in [1.54, 1.807) is 38.2 Å². The van der Waals surface area contributed by atoms with Gasteiger partial charge in [-0.3, -0.25) is 19.7 Å². The molecule has 9 heteroatoms. The van der Waals surface area contributed by atoms with Gasteiger partial charge in [0.05, 0.1) is 17.5 Å². The maximum absolute atomic E-state index is 13.1. The summed E-state index contributed by atoms with van der Waals surface area (Å²) in [6.45, 7) is 1.90. The first-order chi connectivity index (χ1) is 14.3. The van der Waals surface area contributed by atoms with Crippen molar-refractivity contribution in [1.82, 2.24) is 9.91 Å². The fraction of sp³-hybridized carbons (Fsp3) is 0.286. The molecule has 30 heavy (non-hydrogen) atoms. The van der Waals surface area contributed by atoms with Crippen molar-refractivity contribution < 1.29 is 18.9 Å². The molecule has 1 aliphatic heterocycles. The van der Waals surface area contributed by atoms with Crippen LogP contribution in [0.25, 0.3) is 0 Å². The lowest BCUT2D eigenvalue weighted by atomic mass is 10.0. The average Bonchev–Trinajstić information content (AvgIpc) is 2.75. The van der Waals surface area contributed by atoms with Gasteiger partial charge in [-0.1, -0.05) is 24.3 Å². The minimum Gasteiger partial charge on any atom is -0.334 e. The Kier molecular flexibility index (Phi) is 6.20. The lowest BCUT2D eigenvalue weighted by Crippen LogP contribution is -2.40. The summed E-state index contributed by atoms with van der Waals surface area (Å²) < 4.78 is 13.1. The number of benzene rings is 2. The minimum atomic E-state index is -0.484. The highest BCUT2D eigenvalue weighted by molar-refractivity contribution is 6.39. The smallest absolute Gasteiger partial charge is 0.270 e. The Hall–Kier alpha value is -3.62. The number of hydrogen-bond donors (Lipinski definition) is 0. The third-order valence-electron chi connectivity index (χ3n) is 5.06. The van der Waals surface area contributed by atoms with Crippen LogP contribution >= 0.6 is 0 Å². The highest BCUT2D eigenvalue weighted by atomic mass is 19.1. The Balaban J connectivity index is 1.77. The third-order valence-corrected chi connectivity index (χ3v) is 5.06. The molecule has 156 valence electrons. The molecule has 0 N–H and O–H groups in total. The van der Waals surface area contributed by atoms with Crippen LogP contribution in [0.15, 0.2) is 53.6 Å². The van der Waals surface area contributed by atoms with Gasteiger partial charge in [0.25, 0.3) is 11.6 Å². The lowest BCUT2D eigenvalue weighted by molar-refractivity contribution is -0.384. The van der Waals surface area contributed by atoms with Gasteiger partial charge >= 0.3 is 0 Å². The van der Waals surface area contributed by atoms with Crippen LogP contribution in [-0.2, 0) is 16.1 Å². The molecular weight excluding hydrogens is 391 g/mol. The highest BCUT2D eigenvalue weighted by Crippen LogP contribution is 2.24. The largest absolute Gasteiger partial charge is 0.334 e. The van der Waals surface area contributed by atoms with Gasteiger partial charge in [0.15, 0.2) is 0 Å². The zero-order valence-electron chi connectivity index (χ0n) is 16.6. The van der Waals surface area contributed by atoms with Gasteiger partial charge in [0.1, 0.15) is 11.5 Å². The zero-order chi connectivity index (χ0) is 21.8. The molecule has 0 aliphatic carbocycles. The van der Waals surface area contributed by atoms with Crippen LogP contribution in [0.5, 0.6) is 0 Å². The van der Waals surface area contributed by atoms with Crippen molar-refractivity contribution in [3.63, 3.8) is 0 Å². The molecule has 1 atom stereocenters. The Morgan fingerprint density at radius 2 is 1.97 bits per heavy atom. The van der Waals surface area contributed by atoms with E-state index in [4.69, 9.17) is 0 Å². The van der Waals surface area contributed by atoms with E-state index in [0.717, 1.165) is 0 Å². The lowest BCUT2D eigenvalue weighted by Gasteiger charge is -2.29. The summed E-state index contributed by atoms with van der Waals surface area (Å²) in [5.74, 6) is -0.948. The number of amides is 2. The van der Waals surface area contributed by atoms with Crippen LogP contribution < -0.4 is 0 Å². The molecular formula is C21H21FN4O4. The topological polar surface area (TPSA) is 96.1 Å². The molecule has 0 spiro atoms. The second kappa shape index (κ2) is 8.81. The van der Waals surface area contributed by atoms with E-state index in [2.05, 4.69) is 5.10 Å². The zero-order valence-corrected chi connectivity index (χ0v) is 16.6. The summed E-state index contributed by atoms with van der Waals surface area (Å²) in [5.41, 5.74) is 1.50. The minimum absolute atomic E-state index is 0.0497. The average molecular weight is 412 g/mol. The first-order valence-electron chi connectivity index (χ1n) is 9.40. The van der Waals surface area contributed by atoms with Crippen molar-refractivity contribution in [2.45, 2.75) is 32.4 Å². The molecule has 1 aliphatic rings. The number of rotatable bonds is 6. The van der Waals surface area contributed by atoms with Gasteiger partial charge in [0.2, 0.25) is 5.91 Å². The number of carbonyl (C=O) groups excluding carboxylic acids is 2. The van der Waals surface area contributed by atoms with Crippen molar-refractivity contribution in [2.75, 3.05) is 7.05 Å². The number of carbonyl (C=O) groups is 2. The van der Waals surface area contributed by atoms with Crippen LogP contribution in [-0.4, -0.2) is 39.4 Å². The molecule has 8 nitrogen and oxygen atoms in total. The van der Waals surface area contributed by atoms with E-state index in [9.17, 15) is 24.1 Å². The summed E-state index contributed by atoms with van der Waals surface area (Å²) in [6.07, 6.45) is 0.356. The number of nitro groups is 1. The molecule has 0 saturated carbocycles. The van der Waals surface area contributed by atoms with Crippen LogP contribution in [0.2, 0.25) is 0 Å². The molecule has 1 heterocycles. The number of nitro benzene ring substituents is 1. The van der Waals surface area contributed by atoms with Crippen LogP contribution in [0, 0.1) is 15.9 Å². The van der Waals surface area contributed by atoms with Gasteiger partial charge < -0.3 is 4.90 Å². The van der Waals surface area contributed by atoms with E-state index in [1.165, 1.54) is 34.2 Å². The Labute approximate surface area is 172 Å². The van der Waals surface area contributed by atoms with Crippen molar-refractivity contribution >= 4 is 23.2 Å². The van der Waals surface area contributed by atoms with E-state index in [0.29, 0.717) is 11.1 Å². The van der Waals surface area contributed by atoms with Gasteiger partial charge in [-0.05, 0) is 30.2 Å². The monoisotopic (exact) mass is 412 g/mol. The Bertz CT molecular complexity index is 1010. The summed E-state index contributed by atoms with van der Waals surface area (Å²) in [5, 5.41) is 16.5. The molecule has 2 amide bonds. The quantitative estimate of drug-likeness (QED) is 0.536. The van der Waals surface area contributed by atoms with Crippen LogP contribution in [0.3, 0.4) is 0 Å². The third kappa shape index (κ3) is 4.68. The van der Waals surface area contributed by atoms with Crippen molar-refractivity contribution in [1.29, 1.82) is 0 Å². The second-order valence-electron chi connectivity index (χ2n) is 7.07. The Morgan fingerprint density at radius 3 is 2.63 bits per heavy atom. The fourth-order valence-electron chi connectivity index (χ4n) is 3.14. The summed E-state index contributed by atoms with van der Waals surface area (Å²) >= 11 is 0. The van der Waals surface area contributed by atoms with E-state index in [-0.39, 0.29) is 48.4 Å². The molecule has 2 aromatic carbocycles. The van der Waals surface area contributed by atoms with Crippen LogP contribution in [0.1, 0.15) is 36.9 Å². The van der Waals surface area contributed by atoms with Gasteiger partial charge in [-0.25, -0.2) is 9.40 Å². The van der Waals surface area contributed by atoms with Crippen LogP contribution in [0.4, 0.5) is 10.1 Å². The molecule has 2 aromatic rings. The van der Waals surface area contributed by atoms with E-state index >= 15 is 0 Å². The van der Waals surface area contributed by atoms with E-state index in [1.807, 2.05) is 0 Å². The molecule has 3 rings (SSSR count). The summed E-state index contributed by atoms with van der Waals surface area (Å²) in [4.78, 5) is 37.1. The number of halogens is 1. The number of non-ortho nitro benzene ring substituents is 1. The van der Waals surface area contributed by atoms with Crippen molar-refractivity contribution in [2.24, 2.45) is 5.10 Å². The number of hydrazone groups is 1. The SMILES string of the molecule is CC(c1cccc([N+](=O)[O-])c1)N(C)C(=O)C1=NN(Cc2ccc(F)cc2)C(=O)CC1. The van der Waals surface area contributed by atoms with E-state index < -0.39 is 11.0 Å². The fourth-order valence-corrected chi connectivity index (χ4v) is 3.14. The summed E-state index contributed by atoms with van der Waals surface area (Å²) in [6, 6.07) is 11.4. The predicted octanol–water partition coefficient (Wildman–Crippen LogP) is 3.43. The van der Waals surface area contributed by atoms with Crippen molar-refractivity contribution in [3.8, 4) is 0 Å². The van der Waals surface area contributed by atoms with Gasteiger partial charge in [-0.2, -0.15) is 5.10 Å². The van der Waals surface area contributed by atoms with Crippen molar-refractivity contribution in [3.05, 3.63) is 75.6 Å². The Morgan fingerprint density at radius 1 is 1.27 bits per heavy atom. The molecule has 0 radical (unpaired) electrons. The summed E-state index contributed by atoms with van der Waals surface area (Å²) in [7, 11) is 1.59. The molecule has 1 unspecified atom stereocenters. The maximum Gasteiger partial charge on any atom is 0.270 e. The molecule has 0 fully saturated rings. The predicted molar refractivity (Wildman–Crippen MR) is 108 cm³/mol. The molecule has 0 saturated heterocycles. The standard InChI is InChI=1S/C21H21FN4O4/c1-14(16-4-3-5-18(12-16)26(29)30)24(2)21(28)19-10-11-20(27)25(23-19)13-15-6-8-17(22)9-7-15/h3-9,12,14H,10-11,13H2,1-2H3. The normalized spacial score (nSPS) is 14.8. The number of hydrogen-bond acceptors (Lipinski definition) is 5. The first-order valence-corrected chi connectivity index (χ1v) is 9.40. The highest BCUT2D eigenvalue weighted by Gasteiger charge is 2.28. The van der Waals surface area contributed by atoms with Gasteiger partial charge in [-0.15, -0.1) is 0 Å². The van der Waals surface area contributed by atoms with Gasteiger partial charge in [0, 0.05) is 32.0 Å². The maximum atomic E-state index is 13.1. The molecule has 0 aromatic heterocycles.